The molecule has 1 aromatic heterocycles. The lowest BCUT2D eigenvalue weighted by Gasteiger charge is -2.29. The molecule has 0 amide bonds. The van der Waals surface area contributed by atoms with Crippen LogP contribution in [0.5, 0.6) is 0 Å². The van der Waals surface area contributed by atoms with Gasteiger partial charge in [-0.25, -0.2) is 4.98 Å². The third kappa shape index (κ3) is 3.32. The summed E-state index contributed by atoms with van der Waals surface area (Å²) in [6.45, 7) is 4.52. The maximum atomic E-state index is 4.03. The van der Waals surface area contributed by atoms with Crippen LogP contribution in [-0.2, 0) is 6.54 Å². The van der Waals surface area contributed by atoms with Gasteiger partial charge in [-0.05, 0) is 33.0 Å². The quantitative estimate of drug-likeness (QED) is 0.785. The number of imidazole rings is 1. The molecule has 0 atom stereocenters. The van der Waals surface area contributed by atoms with Gasteiger partial charge in [0.05, 0.1) is 6.33 Å². The van der Waals surface area contributed by atoms with Crippen LogP contribution in [0.25, 0.3) is 0 Å². The van der Waals surface area contributed by atoms with E-state index in [0.29, 0.717) is 6.04 Å². The molecule has 0 unspecified atom stereocenters. The Labute approximate surface area is 91.3 Å². The second kappa shape index (κ2) is 5.28. The normalized spacial score (nSPS) is 19.5. The van der Waals surface area contributed by atoms with Crippen molar-refractivity contribution in [3.8, 4) is 0 Å². The number of nitrogens with zero attached hydrogens (tertiary/aromatic N) is 3. The maximum Gasteiger partial charge on any atom is 0.0946 e. The average molecular weight is 208 g/mol. The highest BCUT2D eigenvalue weighted by atomic mass is 15.1. The van der Waals surface area contributed by atoms with E-state index in [0.717, 1.165) is 13.1 Å². The lowest BCUT2D eigenvalue weighted by atomic mass is 10.1. The number of hydrogen-bond acceptors (Lipinski definition) is 3. The summed E-state index contributed by atoms with van der Waals surface area (Å²) < 4.78 is 2.11. The number of piperidine rings is 1. The van der Waals surface area contributed by atoms with Crippen molar-refractivity contribution in [2.24, 2.45) is 0 Å². The van der Waals surface area contributed by atoms with E-state index in [9.17, 15) is 0 Å². The Bertz CT molecular complexity index is 262. The predicted octanol–water partition coefficient (Wildman–Crippen LogP) is 0.567. The van der Waals surface area contributed by atoms with Crippen LogP contribution in [0.4, 0.5) is 0 Å². The van der Waals surface area contributed by atoms with E-state index in [1.807, 2.05) is 18.7 Å². The molecule has 1 fully saturated rings. The van der Waals surface area contributed by atoms with Crippen LogP contribution in [0.15, 0.2) is 18.7 Å². The SMILES string of the molecule is CN1CCC(NCCn2ccnc2)CC1. The van der Waals surface area contributed by atoms with Crippen LogP contribution >= 0.6 is 0 Å². The smallest absolute Gasteiger partial charge is 0.0946 e. The van der Waals surface area contributed by atoms with E-state index in [2.05, 4.69) is 26.8 Å². The molecule has 1 saturated heterocycles. The fourth-order valence-corrected chi connectivity index (χ4v) is 2.03. The Balaban J connectivity index is 1.62. The van der Waals surface area contributed by atoms with Crippen molar-refractivity contribution in [3.05, 3.63) is 18.7 Å². The Morgan fingerprint density at radius 1 is 1.40 bits per heavy atom. The summed E-state index contributed by atoms with van der Waals surface area (Å²) in [6.07, 6.45) is 8.27. The minimum atomic E-state index is 0.713. The zero-order valence-electron chi connectivity index (χ0n) is 9.39. The molecule has 0 radical (unpaired) electrons. The molecule has 2 heterocycles. The number of hydrogen-bond donors (Lipinski definition) is 1. The number of rotatable bonds is 4. The monoisotopic (exact) mass is 208 g/mol. The molecular formula is C11H20N4. The Morgan fingerprint density at radius 3 is 2.87 bits per heavy atom. The van der Waals surface area contributed by atoms with Crippen LogP contribution in [0.3, 0.4) is 0 Å². The minimum absolute atomic E-state index is 0.713. The molecule has 4 nitrogen and oxygen atoms in total. The summed E-state index contributed by atoms with van der Waals surface area (Å²) in [5.74, 6) is 0. The van der Waals surface area contributed by atoms with Gasteiger partial charge in [0.2, 0.25) is 0 Å². The molecule has 2 rings (SSSR count). The summed E-state index contributed by atoms with van der Waals surface area (Å²) in [4.78, 5) is 6.42. The van der Waals surface area contributed by atoms with E-state index < -0.39 is 0 Å². The molecule has 0 aromatic carbocycles. The van der Waals surface area contributed by atoms with Crippen LogP contribution < -0.4 is 5.32 Å². The van der Waals surface area contributed by atoms with E-state index in [1.165, 1.54) is 25.9 Å². The number of aromatic nitrogens is 2. The van der Waals surface area contributed by atoms with Crippen molar-refractivity contribution in [2.75, 3.05) is 26.7 Å². The maximum absolute atomic E-state index is 4.03. The fourth-order valence-electron chi connectivity index (χ4n) is 2.03. The molecule has 0 aliphatic carbocycles. The molecule has 0 saturated carbocycles. The predicted molar refractivity (Wildman–Crippen MR) is 60.7 cm³/mol. The first-order valence-electron chi connectivity index (χ1n) is 5.72. The Kier molecular flexibility index (Phi) is 3.75. The largest absolute Gasteiger partial charge is 0.336 e. The van der Waals surface area contributed by atoms with E-state index in [-0.39, 0.29) is 0 Å². The van der Waals surface area contributed by atoms with Crippen molar-refractivity contribution < 1.29 is 0 Å². The zero-order chi connectivity index (χ0) is 10.5. The Hall–Kier alpha value is -0.870. The van der Waals surface area contributed by atoms with Gasteiger partial charge in [0.1, 0.15) is 0 Å². The van der Waals surface area contributed by atoms with Gasteiger partial charge in [-0.15, -0.1) is 0 Å². The Morgan fingerprint density at radius 2 is 2.20 bits per heavy atom. The molecular weight excluding hydrogens is 188 g/mol. The lowest BCUT2D eigenvalue weighted by molar-refractivity contribution is 0.234. The molecule has 1 aromatic rings. The van der Waals surface area contributed by atoms with Gasteiger partial charge in [-0.3, -0.25) is 0 Å². The summed E-state index contributed by atoms with van der Waals surface area (Å²) in [7, 11) is 2.20. The summed E-state index contributed by atoms with van der Waals surface area (Å²) in [5.41, 5.74) is 0. The van der Waals surface area contributed by atoms with Crippen LogP contribution in [-0.4, -0.2) is 47.2 Å². The van der Waals surface area contributed by atoms with Gasteiger partial charge >= 0.3 is 0 Å². The molecule has 15 heavy (non-hydrogen) atoms. The van der Waals surface area contributed by atoms with Crippen molar-refractivity contribution in [1.82, 2.24) is 19.8 Å². The van der Waals surface area contributed by atoms with Gasteiger partial charge in [-0.1, -0.05) is 0 Å². The molecule has 84 valence electrons. The van der Waals surface area contributed by atoms with Gasteiger partial charge in [0.25, 0.3) is 0 Å². The molecule has 1 N–H and O–H groups in total. The molecule has 0 bridgehead atoms. The third-order valence-corrected chi connectivity index (χ3v) is 3.08. The summed E-state index contributed by atoms with van der Waals surface area (Å²) in [5, 5.41) is 3.61. The van der Waals surface area contributed by atoms with Crippen molar-refractivity contribution >= 4 is 0 Å². The first-order valence-corrected chi connectivity index (χ1v) is 5.72. The van der Waals surface area contributed by atoms with Gasteiger partial charge in [-0.2, -0.15) is 0 Å². The average Bonchev–Trinajstić information content (AvgIpc) is 2.74. The first-order chi connectivity index (χ1) is 7.34. The summed E-state index contributed by atoms with van der Waals surface area (Å²) >= 11 is 0. The second-order valence-electron chi connectivity index (χ2n) is 4.33. The van der Waals surface area contributed by atoms with E-state index in [4.69, 9.17) is 0 Å². The van der Waals surface area contributed by atoms with Crippen molar-refractivity contribution in [2.45, 2.75) is 25.4 Å². The molecule has 4 heteroatoms. The van der Waals surface area contributed by atoms with E-state index in [1.54, 1.807) is 0 Å². The van der Waals surface area contributed by atoms with E-state index >= 15 is 0 Å². The van der Waals surface area contributed by atoms with Crippen LogP contribution in [0.1, 0.15) is 12.8 Å². The second-order valence-corrected chi connectivity index (χ2v) is 4.33. The van der Waals surface area contributed by atoms with Crippen molar-refractivity contribution in [3.63, 3.8) is 0 Å². The fraction of sp³-hybridized carbons (Fsp3) is 0.727. The highest BCUT2D eigenvalue weighted by Crippen LogP contribution is 2.07. The zero-order valence-corrected chi connectivity index (χ0v) is 9.39. The number of nitrogens with one attached hydrogen (secondary N) is 1. The standard InChI is InChI=1S/C11H20N4/c1-14-6-2-11(3-7-14)13-5-9-15-8-4-12-10-15/h4,8,10-11,13H,2-3,5-7,9H2,1H3. The molecule has 1 aliphatic heterocycles. The van der Waals surface area contributed by atoms with Gasteiger partial charge in [0, 0.05) is 31.5 Å². The van der Waals surface area contributed by atoms with Crippen LogP contribution in [0.2, 0.25) is 0 Å². The van der Waals surface area contributed by atoms with Crippen LogP contribution in [0, 0.1) is 0 Å². The van der Waals surface area contributed by atoms with Gasteiger partial charge < -0.3 is 14.8 Å². The highest BCUT2D eigenvalue weighted by Gasteiger charge is 2.15. The lowest BCUT2D eigenvalue weighted by Crippen LogP contribution is -2.41. The minimum Gasteiger partial charge on any atom is -0.336 e. The number of likely N-dealkylation sites (tertiary alicyclic amines) is 1. The van der Waals surface area contributed by atoms with Crippen molar-refractivity contribution in [1.29, 1.82) is 0 Å². The molecule has 1 aliphatic rings. The first kappa shape index (κ1) is 10.6. The summed E-state index contributed by atoms with van der Waals surface area (Å²) in [6, 6.07) is 0.713. The third-order valence-electron chi connectivity index (χ3n) is 3.08. The highest BCUT2D eigenvalue weighted by molar-refractivity contribution is 4.77. The molecule has 0 spiro atoms. The van der Waals surface area contributed by atoms with Gasteiger partial charge in [0.15, 0.2) is 0 Å². The topological polar surface area (TPSA) is 33.1 Å².